The first-order chi connectivity index (χ1) is 14.7. The SMILES string of the molecule is CCOc1ccccc1/C=C1\Oc2c3c(cc(C)c2C1=O)OCN(C1CCCC1)C3. The average Bonchev–Trinajstić information content (AvgIpc) is 3.39. The Morgan fingerprint density at radius 2 is 2.03 bits per heavy atom. The number of fused-ring (bicyclic) bond motifs is 3. The van der Waals surface area contributed by atoms with E-state index in [2.05, 4.69) is 4.90 Å². The van der Waals surface area contributed by atoms with Crippen molar-refractivity contribution in [2.45, 2.75) is 52.1 Å². The van der Waals surface area contributed by atoms with Crippen molar-refractivity contribution in [1.82, 2.24) is 4.90 Å². The van der Waals surface area contributed by atoms with Crippen LogP contribution in [0.2, 0.25) is 0 Å². The third-order valence-corrected chi connectivity index (χ3v) is 6.30. The molecule has 5 rings (SSSR count). The van der Waals surface area contributed by atoms with Gasteiger partial charge in [-0.1, -0.05) is 31.0 Å². The molecular formula is C25H27NO4. The maximum absolute atomic E-state index is 13.2. The van der Waals surface area contributed by atoms with Crippen LogP contribution in [0.25, 0.3) is 6.08 Å². The maximum atomic E-state index is 13.2. The highest BCUT2D eigenvalue weighted by Crippen LogP contribution is 2.45. The number of nitrogens with zero attached hydrogens (tertiary/aromatic N) is 1. The Balaban J connectivity index is 1.51. The van der Waals surface area contributed by atoms with Crippen molar-refractivity contribution in [2.75, 3.05) is 13.3 Å². The predicted octanol–water partition coefficient (Wildman–Crippen LogP) is 5.10. The normalized spacial score (nSPS) is 20.1. The van der Waals surface area contributed by atoms with Gasteiger partial charge in [-0.15, -0.1) is 0 Å². The number of hydrogen-bond donors (Lipinski definition) is 0. The van der Waals surface area contributed by atoms with Gasteiger partial charge in [-0.05, 0) is 50.5 Å². The summed E-state index contributed by atoms with van der Waals surface area (Å²) < 4.78 is 18.0. The van der Waals surface area contributed by atoms with Gasteiger partial charge in [0.15, 0.2) is 5.76 Å². The van der Waals surface area contributed by atoms with Crippen LogP contribution in [0.3, 0.4) is 0 Å². The molecule has 1 fully saturated rings. The minimum Gasteiger partial charge on any atom is -0.493 e. The molecular weight excluding hydrogens is 378 g/mol. The van der Waals surface area contributed by atoms with Crippen molar-refractivity contribution in [3.05, 3.63) is 58.3 Å². The van der Waals surface area contributed by atoms with Gasteiger partial charge in [0.05, 0.1) is 17.7 Å². The number of para-hydroxylation sites is 1. The van der Waals surface area contributed by atoms with Gasteiger partial charge in [-0.3, -0.25) is 9.69 Å². The van der Waals surface area contributed by atoms with Gasteiger partial charge in [0, 0.05) is 18.2 Å². The van der Waals surface area contributed by atoms with Crippen LogP contribution < -0.4 is 14.2 Å². The van der Waals surface area contributed by atoms with Crippen LogP contribution in [0.5, 0.6) is 17.2 Å². The van der Waals surface area contributed by atoms with Gasteiger partial charge < -0.3 is 14.2 Å². The van der Waals surface area contributed by atoms with Crippen LogP contribution in [-0.4, -0.2) is 30.1 Å². The Morgan fingerprint density at radius 1 is 1.23 bits per heavy atom. The van der Waals surface area contributed by atoms with Crippen molar-refractivity contribution in [2.24, 2.45) is 0 Å². The van der Waals surface area contributed by atoms with E-state index in [-0.39, 0.29) is 5.78 Å². The van der Waals surface area contributed by atoms with Crippen LogP contribution in [0, 0.1) is 6.92 Å². The third-order valence-electron chi connectivity index (χ3n) is 6.30. The number of hydrogen-bond acceptors (Lipinski definition) is 5. The lowest BCUT2D eigenvalue weighted by molar-refractivity contribution is 0.0567. The Hall–Kier alpha value is -2.79. The lowest BCUT2D eigenvalue weighted by atomic mass is 9.98. The molecule has 0 bridgehead atoms. The number of allylic oxidation sites excluding steroid dienone is 1. The van der Waals surface area contributed by atoms with Gasteiger partial charge in [-0.2, -0.15) is 0 Å². The van der Waals surface area contributed by atoms with Crippen molar-refractivity contribution >= 4 is 11.9 Å². The number of rotatable bonds is 4. The average molecular weight is 405 g/mol. The molecule has 2 aliphatic heterocycles. The first-order valence-electron chi connectivity index (χ1n) is 10.8. The molecule has 156 valence electrons. The largest absolute Gasteiger partial charge is 0.493 e. The molecule has 0 aromatic heterocycles. The molecule has 1 saturated carbocycles. The second-order valence-corrected chi connectivity index (χ2v) is 8.24. The Bertz CT molecular complexity index is 1020. The zero-order valence-electron chi connectivity index (χ0n) is 17.6. The van der Waals surface area contributed by atoms with E-state index in [0.717, 1.165) is 34.7 Å². The first kappa shape index (κ1) is 19.2. The molecule has 2 heterocycles. The third kappa shape index (κ3) is 3.27. The van der Waals surface area contributed by atoms with Crippen molar-refractivity contribution in [3.8, 4) is 17.2 Å². The van der Waals surface area contributed by atoms with Crippen LogP contribution in [0.15, 0.2) is 36.1 Å². The Labute approximate surface area is 177 Å². The van der Waals surface area contributed by atoms with Gasteiger partial charge >= 0.3 is 0 Å². The fraction of sp³-hybridized carbons (Fsp3) is 0.400. The fourth-order valence-electron chi connectivity index (χ4n) is 4.78. The molecule has 0 N–H and O–H groups in total. The summed E-state index contributed by atoms with van der Waals surface area (Å²) in [6.45, 7) is 5.83. The lowest BCUT2D eigenvalue weighted by Crippen LogP contribution is -2.39. The molecule has 3 aliphatic rings. The topological polar surface area (TPSA) is 48.0 Å². The Morgan fingerprint density at radius 3 is 2.83 bits per heavy atom. The second-order valence-electron chi connectivity index (χ2n) is 8.24. The number of aryl methyl sites for hydroxylation is 1. The van der Waals surface area contributed by atoms with E-state index in [0.29, 0.717) is 36.5 Å². The standard InChI is InChI=1S/C25H27NO4/c1-3-28-20-11-7-4-8-17(20)13-22-24(27)23-16(2)12-21-19(25(23)30-22)14-26(15-29-21)18-9-5-6-10-18/h4,7-8,11-13,18H,3,5-6,9-10,14-15H2,1-2H3/b22-13-. The van der Waals surface area contributed by atoms with Gasteiger partial charge in [0.1, 0.15) is 24.0 Å². The minimum absolute atomic E-state index is 0.0745. The summed E-state index contributed by atoms with van der Waals surface area (Å²) in [7, 11) is 0. The Kier molecular flexibility index (Phi) is 4.99. The number of ketones is 1. The van der Waals surface area contributed by atoms with Crippen molar-refractivity contribution < 1.29 is 19.0 Å². The van der Waals surface area contributed by atoms with Crippen LogP contribution in [0.4, 0.5) is 0 Å². The molecule has 5 heteroatoms. The number of ether oxygens (including phenoxy) is 3. The van der Waals surface area contributed by atoms with Gasteiger partial charge in [0.25, 0.3) is 0 Å². The highest BCUT2D eigenvalue weighted by Gasteiger charge is 2.37. The fourth-order valence-corrected chi connectivity index (χ4v) is 4.78. The van der Waals surface area contributed by atoms with E-state index in [1.807, 2.05) is 44.2 Å². The van der Waals surface area contributed by atoms with Crippen LogP contribution in [-0.2, 0) is 6.54 Å². The summed E-state index contributed by atoms with van der Waals surface area (Å²) in [4.78, 5) is 15.6. The van der Waals surface area contributed by atoms with E-state index in [1.165, 1.54) is 25.7 Å². The molecule has 0 saturated heterocycles. The van der Waals surface area contributed by atoms with Crippen LogP contribution in [0.1, 0.15) is 59.7 Å². The maximum Gasteiger partial charge on any atom is 0.232 e. The van der Waals surface area contributed by atoms with Gasteiger partial charge in [0.2, 0.25) is 5.78 Å². The van der Waals surface area contributed by atoms with Crippen molar-refractivity contribution in [1.29, 1.82) is 0 Å². The lowest BCUT2D eigenvalue weighted by Gasteiger charge is -2.34. The molecule has 5 nitrogen and oxygen atoms in total. The smallest absolute Gasteiger partial charge is 0.232 e. The van der Waals surface area contributed by atoms with Crippen LogP contribution >= 0.6 is 0 Å². The molecule has 30 heavy (non-hydrogen) atoms. The van der Waals surface area contributed by atoms with E-state index in [1.54, 1.807) is 6.08 Å². The summed E-state index contributed by atoms with van der Waals surface area (Å²) >= 11 is 0. The van der Waals surface area contributed by atoms with E-state index in [4.69, 9.17) is 14.2 Å². The molecule has 0 spiro atoms. The number of Topliss-reactive ketones (excluding diaryl/α,β-unsaturated/α-hetero) is 1. The number of benzene rings is 2. The van der Waals surface area contributed by atoms with Crippen molar-refractivity contribution in [3.63, 3.8) is 0 Å². The molecule has 0 amide bonds. The summed E-state index contributed by atoms with van der Waals surface area (Å²) in [5.74, 6) is 2.51. The summed E-state index contributed by atoms with van der Waals surface area (Å²) in [5, 5.41) is 0. The number of carbonyl (C=O) groups excluding carboxylic acids is 1. The quantitative estimate of drug-likeness (QED) is 0.662. The first-order valence-corrected chi connectivity index (χ1v) is 10.8. The second kappa shape index (κ2) is 7.80. The molecule has 2 aromatic rings. The predicted molar refractivity (Wildman–Crippen MR) is 115 cm³/mol. The molecule has 0 radical (unpaired) electrons. The highest BCUT2D eigenvalue weighted by molar-refractivity contribution is 6.16. The summed E-state index contributed by atoms with van der Waals surface area (Å²) in [6, 6.07) is 10.2. The number of carbonyl (C=O) groups is 1. The summed E-state index contributed by atoms with van der Waals surface area (Å²) in [5.41, 5.74) is 3.38. The molecule has 0 atom stereocenters. The van der Waals surface area contributed by atoms with Gasteiger partial charge in [-0.25, -0.2) is 0 Å². The highest BCUT2D eigenvalue weighted by atomic mass is 16.5. The zero-order valence-corrected chi connectivity index (χ0v) is 17.6. The van der Waals surface area contributed by atoms with E-state index in [9.17, 15) is 4.79 Å². The monoisotopic (exact) mass is 405 g/mol. The zero-order chi connectivity index (χ0) is 20.7. The van der Waals surface area contributed by atoms with E-state index >= 15 is 0 Å². The molecule has 1 aliphatic carbocycles. The summed E-state index contributed by atoms with van der Waals surface area (Å²) in [6.07, 6.45) is 6.78. The molecule has 2 aromatic carbocycles. The molecule has 0 unspecified atom stereocenters. The minimum atomic E-state index is -0.0745. The van der Waals surface area contributed by atoms with E-state index < -0.39 is 0 Å².